The van der Waals surface area contributed by atoms with Gasteiger partial charge in [-0.2, -0.15) is 0 Å². The van der Waals surface area contributed by atoms with Crippen LogP contribution in [-0.2, 0) is 4.79 Å². The summed E-state index contributed by atoms with van der Waals surface area (Å²) in [4.78, 5) is 11.9. The predicted octanol–water partition coefficient (Wildman–Crippen LogP) is 2.16. The minimum absolute atomic E-state index is 0.0218. The predicted molar refractivity (Wildman–Crippen MR) is 70.6 cm³/mol. The molecule has 1 amide bonds. The Labute approximate surface area is 103 Å². The van der Waals surface area contributed by atoms with E-state index in [0.29, 0.717) is 6.54 Å². The van der Waals surface area contributed by atoms with E-state index in [9.17, 15) is 4.79 Å². The monoisotopic (exact) mass is 234 g/mol. The van der Waals surface area contributed by atoms with Crippen molar-refractivity contribution in [1.82, 2.24) is 5.32 Å². The number of nitrogens with two attached hydrogens (primary N) is 1. The third-order valence-corrected chi connectivity index (χ3v) is 3.06. The zero-order chi connectivity index (χ0) is 12.8. The summed E-state index contributed by atoms with van der Waals surface area (Å²) in [6, 6.07) is 8.15. The number of carbonyl (C=O) groups excluding carboxylic acids is 1. The van der Waals surface area contributed by atoms with Gasteiger partial charge in [0.25, 0.3) is 0 Å². The standard InChI is InChI=1S/C14H22N2O/c1-10-6-4-5-7-13(10)12(3)16-14(17)11(2)8-9-15/h4-7,11-12H,8-9,15H2,1-3H3,(H,16,17). The van der Waals surface area contributed by atoms with Gasteiger partial charge in [-0.15, -0.1) is 0 Å². The topological polar surface area (TPSA) is 55.1 Å². The van der Waals surface area contributed by atoms with Crippen molar-refractivity contribution in [3.8, 4) is 0 Å². The summed E-state index contributed by atoms with van der Waals surface area (Å²) in [6.45, 7) is 6.52. The van der Waals surface area contributed by atoms with Crippen LogP contribution < -0.4 is 11.1 Å². The number of benzene rings is 1. The van der Waals surface area contributed by atoms with E-state index in [4.69, 9.17) is 5.73 Å². The van der Waals surface area contributed by atoms with E-state index in [1.54, 1.807) is 0 Å². The van der Waals surface area contributed by atoms with Gasteiger partial charge in [0.1, 0.15) is 0 Å². The van der Waals surface area contributed by atoms with E-state index in [2.05, 4.69) is 18.3 Å². The van der Waals surface area contributed by atoms with E-state index < -0.39 is 0 Å². The van der Waals surface area contributed by atoms with Crippen LogP contribution in [0.25, 0.3) is 0 Å². The second-order valence-electron chi connectivity index (χ2n) is 4.57. The number of amides is 1. The lowest BCUT2D eigenvalue weighted by atomic mass is 10.0. The third kappa shape index (κ3) is 3.86. The van der Waals surface area contributed by atoms with Gasteiger partial charge in [-0.3, -0.25) is 4.79 Å². The molecule has 0 bridgehead atoms. The Morgan fingerprint density at radius 3 is 2.59 bits per heavy atom. The van der Waals surface area contributed by atoms with Crippen molar-refractivity contribution in [2.24, 2.45) is 11.7 Å². The molecule has 1 aromatic carbocycles. The van der Waals surface area contributed by atoms with Crippen LogP contribution in [0.4, 0.5) is 0 Å². The van der Waals surface area contributed by atoms with E-state index >= 15 is 0 Å². The molecule has 1 aromatic rings. The molecule has 0 aliphatic heterocycles. The van der Waals surface area contributed by atoms with Crippen LogP contribution in [0.3, 0.4) is 0 Å². The fourth-order valence-corrected chi connectivity index (χ4v) is 1.89. The average Bonchev–Trinajstić information content (AvgIpc) is 2.29. The van der Waals surface area contributed by atoms with Crippen LogP contribution in [0.1, 0.15) is 37.4 Å². The zero-order valence-corrected chi connectivity index (χ0v) is 10.9. The summed E-state index contributed by atoms with van der Waals surface area (Å²) < 4.78 is 0. The van der Waals surface area contributed by atoms with Gasteiger partial charge in [-0.05, 0) is 37.9 Å². The SMILES string of the molecule is Cc1ccccc1C(C)NC(=O)C(C)CCN. The lowest BCUT2D eigenvalue weighted by molar-refractivity contribution is -0.125. The molecular weight excluding hydrogens is 212 g/mol. The Balaban J connectivity index is 2.63. The lowest BCUT2D eigenvalue weighted by Gasteiger charge is -2.19. The highest BCUT2D eigenvalue weighted by Gasteiger charge is 2.16. The number of carbonyl (C=O) groups is 1. The minimum atomic E-state index is -0.0218. The van der Waals surface area contributed by atoms with Crippen molar-refractivity contribution in [2.45, 2.75) is 33.2 Å². The number of hydrogen-bond acceptors (Lipinski definition) is 2. The summed E-state index contributed by atoms with van der Waals surface area (Å²) >= 11 is 0. The van der Waals surface area contributed by atoms with Crippen LogP contribution in [0.5, 0.6) is 0 Å². The normalized spacial score (nSPS) is 14.1. The maximum Gasteiger partial charge on any atom is 0.223 e. The molecular formula is C14H22N2O. The van der Waals surface area contributed by atoms with Gasteiger partial charge in [0.2, 0.25) is 5.91 Å². The molecule has 0 aliphatic rings. The van der Waals surface area contributed by atoms with Crippen LogP contribution in [0.2, 0.25) is 0 Å². The first-order chi connectivity index (χ1) is 8.06. The number of nitrogens with one attached hydrogen (secondary N) is 1. The molecule has 17 heavy (non-hydrogen) atoms. The molecule has 0 saturated carbocycles. The van der Waals surface area contributed by atoms with Crippen LogP contribution in [-0.4, -0.2) is 12.5 Å². The Morgan fingerprint density at radius 2 is 2.00 bits per heavy atom. The summed E-state index contributed by atoms with van der Waals surface area (Å²) in [6.07, 6.45) is 0.728. The number of hydrogen-bond donors (Lipinski definition) is 2. The van der Waals surface area contributed by atoms with Gasteiger partial charge in [0.15, 0.2) is 0 Å². The smallest absolute Gasteiger partial charge is 0.223 e. The fourth-order valence-electron chi connectivity index (χ4n) is 1.89. The summed E-state index contributed by atoms with van der Waals surface area (Å²) in [5.41, 5.74) is 7.82. The molecule has 0 aliphatic carbocycles. The lowest BCUT2D eigenvalue weighted by Crippen LogP contribution is -2.32. The minimum Gasteiger partial charge on any atom is -0.349 e. The maximum atomic E-state index is 11.9. The van der Waals surface area contributed by atoms with Crippen molar-refractivity contribution < 1.29 is 4.79 Å². The van der Waals surface area contributed by atoms with E-state index in [0.717, 1.165) is 6.42 Å². The van der Waals surface area contributed by atoms with Crippen LogP contribution >= 0.6 is 0 Å². The molecule has 2 unspecified atom stereocenters. The van der Waals surface area contributed by atoms with Gasteiger partial charge in [0.05, 0.1) is 6.04 Å². The van der Waals surface area contributed by atoms with E-state index in [1.807, 2.05) is 32.0 Å². The molecule has 0 heterocycles. The molecule has 2 atom stereocenters. The first-order valence-corrected chi connectivity index (χ1v) is 6.12. The van der Waals surface area contributed by atoms with Gasteiger partial charge in [-0.1, -0.05) is 31.2 Å². The first-order valence-electron chi connectivity index (χ1n) is 6.12. The van der Waals surface area contributed by atoms with Gasteiger partial charge in [-0.25, -0.2) is 0 Å². The average molecular weight is 234 g/mol. The van der Waals surface area contributed by atoms with Crippen molar-refractivity contribution in [3.63, 3.8) is 0 Å². The molecule has 0 saturated heterocycles. The Kier molecular flexibility index (Phi) is 5.16. The molecule has 0 spiro atoms. The summed E-state index contributed by atoms with van der Waals surface area (Å²) in [7, 11) is 0. The molecule has 0 radical (unpaired) electrons. The molecule has 94 valence electrons. The van der Waals surface area contributed by atoms with Crippen molar-refractivity contribution >= 4 is 5.91 Å². The zero-order valence-electron chi connectivity index (χ0n) is 10.9. The number of rotatable bonds is 5. The Hall–Kier alpha value is -1.35. The second-order valence-corrected chi connectivity index (χ2v) is 4.57. The third-order valence-electron chi connectivity index (χ3n) is 3.06. The maximum absolute atomic E-state index is 11.9. The van der Waals surface area contributed by atoms with E-state index in [1.165, 1.54) is 11.1 Å². The molecule has 0 fully saturated rings. The van der Waals surface area contributed by atoms with Crippen LogP contribution in [0.15, 0.2) is 24.3 Å². The number of aryl methyl sites for hydroxylation is 1. The molecule has 3 N–H and O–H groups in total. The molecule has 3 heteroatoms. The highest BCUT2D eigenvalue weighted by atomic mass is 16.1. The molecule has 0 aromatic heterocycles. The summed E-state index contributed by atoms with van der Waals surface area (Å²) in [5.74, 6) is 0.0534. The van der Waals surface area contributed by atoms with Gasteiger partial charge < -0.3 is 11.1 Å². The highest BCUT2D eigenvalue weighted by molar-refractivity contribution is 5.78. The van der Waals surface area contributed by atoms with Crippen molar-refractivity contribution in [2.75, 3.05) is 6.54 Å². The van der Waals surface area contributed by atoms with Gasteiger partial charge in [0, 0.05) is 5.92 Å². The first kappa shape index (κ1) is 13.7. The van der Waals surface area contributed by atoms with Crippen molar-refractivity contribution in [3.05, 3.63) is 35.4 Å². The quantitative estimate of drug-likeness (QED) is 0.820. The van der Waals surface area contributed by atoms with Crippen LogP contribution in [0, 0.1) is 12.8 Å². The highest BCUT2D eigenvalue weighted by Crippen LogP contribution is 2.17. The second kappa shape index (κ2) is 6.40. The summed E-state index contributed by atoms with van der Waals surface area (Å²) in [5, 5.41) is 3.03. The van der Waals surface area contributed by atoms with Crippen molar-refractivity contribution in [1.29, 1.82) is 0 Å². The Morgan fingerprint density at radius 1 is 1.35 bits per heavy atom. The molecule has 1 rings (SSSR count). The molecule has 3 nitrogen and oxygen atoms in total. The van der Waals surface area contributed by atoms with E-state index in [-0.39, 0.29) is 17.9 Å². The van der Waals surface area contributed by atoms with Gasteiger partial charge >= 0.3 is 0 Å². The Bertz CT molecular complexity index is 376. The largest absolute Gasteiger partial charge is 0.349 e. The fraction of sp³-hybridized carbons (Fsp3) is 0.500.